The Morgan fingerprint density at radius 1 is 0.581 bits per heavy atom. The molecule has 3 heterocycles. The van der Waals surface area contributed by atoms with Crippen LogP contribution in [0, 0.1) is 5.92 Å². The minimum absolute atomic E-state index is 0.392. The maximum Gasteiger partial charge on any atom is 0.0984 e. The second-order valence-electron chi connectivity index (χ2n) is 9.63. The Hall–Kier alpha value is -2.08. The third-order valence-electron chi connectivity index (χ3n) is 6.67. The van der Waals surface area contributed by atoms with Gasteiger partial charge in [0.1, 0.15) is 0 Å². The summed E-state index contributed by atoms with van der Waals surface area (Å²) in [5, 5.41) is 0. The fraction of sp³-hybridized carbons (Fsp3) is 0.538. The van der Waals surface area contributed by atoms with Gasteiger partial charge < -0.3 is 24.0 Å². The highest BCUT2D eigenvalue weighted by atomic mass is 16.6. The molecule has 164 valence electrons. The molecule has 1 saturated carbocycles. The monoisotopic (exact) mass is 420 g/mol. The van der Waals surface area contributed by atoms with Crippen molar-refractivity contribution in [3.63, 3.8) is 0 Å². The lowest BCUT2D eigenvalue weighted by atomic mass is 10.0. The van der Waals surface area contributed by atoms with E-state index in [1.165, 1.54) is 41.9 Å². The second kappa shape index (κ2) is 8.45. The summed E-state index contributed by atoms with van der Waals surface area (Å²) in [4.78, 5) is 4.93. The van der Waals surface area contributed by atoms with E-state index < -0.39 is 0 Å². The van der Waals surface area contributed by atoms with Crippen molar-refractivity contribution in [1.29, 1.82) is 0 Å². The van der Waals surface area contributed by atoms with E-state index in [1.54, 1.807) is 0 Å². The van der Waals surface area contributed by atoms with E-state index in [-0.39, 0.29) is 0 Å². The SMILES string of the molecule is c1cc(N(CC2CC2)CC2CO2)ccc1Cc1ccc(N(CC2CO2)CC2CO2)cc1. The van der Waals surface area contributed by atoms with Crippen LogP contribution in [0.1, 0.15) is 24.0 Å². The van der Waals surface area contributed by atoms with Gasteiger partial charge in [0.05, 0.1) is 38.1 Å². The van der Waals surface area contributed by atoms with Gasteiger partial charge in [-0.15, -0.1) is 0 Å². The van der Waals surface area contributed by atoms with Crippen molar-refractivity contribution < 1.29 is 14.2 Å². The number of epoxide rings is 3. The van der Waals surface area contributed by atoms with Crippen molar-refractivity contribution in [2.45, 2.75) is 37.6 Å². The van der Waals surface area contributed by atoms with Crippen LogP contribution in [0.5, 0.6) is 0 Å². The van der Waals surface area contributed by atoms with Crippen LogP contribution < -0.4 is 9.80 Å². The van der Waals surface area contributed by atoms with Crippen LogP contribution in [-0.2, 0) is 20.6 Å². The van der Waals surface area contributed by atoms with Gasteiger partial charge in [-0.25, -0.2) is 0 Å². The summed E-state index contributed by atoms with van der Waals surface area (Å²) in [6, 6.07) is 18.2. The second-order valence-corrected chi connectivity index (χ2v) is 9.63. The lowest BCUT2D eigenvalue weighted by Crippen LogP contribution is -2.31. The molecule has 1 aliphatic carbocycles. The minimum Gasteiger partial charge on any atom is -0.371 e. The van der Waals surface area contributed by atoms with Crippen LogP contribution in [-0.4, -0.2) is 64.3 Å². The molecule has 4 aliphatic rings. The Balaban J connectivity index is 1.08. The molecule has 2 aromatic carbocycles. The average Bonchev–Trinajstić information content (AvgIpc) is 3.63. The molecule has 4 fully saturated rings. The Bertz CT molecular complexity index is 767. The zero-order valence-electron chi connectivity index (χ0n) is 18.1. The molecule has 3 unspecified atom stereocenters. The number of anilines is 2. The molecule has 2 aromatic rings. The summed E-state index contributed by atoms with van der Waals surface area (Å²) in [6.07, 6.45) is 4.95. The van der Waals surface area contributed by atoms with Crippen LogP contribution in [0.25, 0.3) is 0 Å². The van der Waals surface area contributed by atoms with E-state index >= 15 is 0 Å². The highest BCUT2D eigenvalue weighted by Gasteiger charge is 2.31. The normalized spacial score (nSPS) is 25.9. The van der Waals surface area contributed by atoms with Crippen LogP contribution in [0.4, 0.5) is 11.4 Å². The summed E-state index contributed by atoms with van der Waals surface area (Å²) in [5.74, 6) is 0.884. The first-order valence-corrected chi connectivity index (χ1v) is 11.8. The van der Waals surface area contributed by atoms with Gasteiger partial charge in [0.2, 0.25) is 0 Å². The molecule has 31 heavy (non-hydrogen) atoms. The van der Waals surface area contributed by atoms with Gasteiger partial charge in [-0.05, 0) is 60.6 Å². The van der Waals surface area contributed by atoms with Crippen molar-refractivity contribution >= 4 is 11.4 Å². The largest absolute Gasteiger partial charge is 0.371 e. The summed E-state index contributed by atoms with van der Waals surface area (Å²) >= 11 is 0. The number of ether oxygens (including phenoxy) is 3. The highest BCUT2D eigenvalue weighted by Crippen LogP contribution is 2.32. The smallest absolute Gasteiger partial charge is 0.0984 e. The average molecular weight is 421 g/mol. The molecular formula is C26H32N2O3. The van der Waals surface area contributed by atoms with Crippen molar-refractivity contribution in [1.82, 2.24) is 0 Å². The molecule has 0 radical (unpaired) electrons. The minimum atomic E-state index is 0.392. The van der Waals surface area contributed by atoms with Gasteiger partial charge in [-0.1, -0.05) is 24.3 Å². The fourth-order valence-corrected chi connectivity index (χ4v) is 4.33. The number of hydrogen-bond acceptors (Lipinski definition) is 5. The molecule has 0 spiro atoms. The van der Waals surface area contributed by atoms with Crippen LogP contribution in [0.3, 0.4) is 0 Å². The Morgan fingerprint density at radius 2 is 0.968 bits per heavy atom. The van der Waals surface area contributed by atoms with Crippen LogP contribution in [0.15, 0.2) is 48.5 Å². The predicted molar refractivity (Wildman–Crippen MR) is 122 cm³/mol. The van der Waals surface area contributed by atoms with E-state index in [4.69, 9.17) is 14.2 Å². The molecule has 3 atom stereocenters. The lowest BCUT2D eigenvalue weighted by molar-refractivity contribution is 0.389. The molecule has 3 aliphatic heterocycles. The maximum absolute atomic E-state index is 5.48. The number of rotatable bonds is 12. The van der Waals surface area contributed by atoms with Crippen molar-refractivity contribution in [3.05, 3.63) is 59.7 Å². The summed E-state index contributed by atoms with van der Waals surface area (Å²) in [7, 11) is 0. The third-order valence-corrected chi connectivity index (χ3v) is 6.67. The van der Waals surface area contributed by atoms with E-state index in [0.29, 0.717) is 18.3 Å². The van der Waals surface area contributed by atoms with Gasteiger partial charge in [0.25, 0.3) is 0 Å². The lowest BCUT2D eigenvalue weighted by Gasteiger charge is -2.24. The molecule has 0 N–H and O–H groups in total. The molecule has 0 bridgehead atoms. The van der Waals surface area contributed by atoms with Crippen molar-refractivity contribution in [2.75, 3.05) is 55.8 Å². The highest BCUT2D eigenvalue weighted by molar-refractivity contribution is 5.51. The van der Waals surface area contributed by atoms with E-state index in [1.807, 2.05) is 0 Å². The summed E-state index contributed by atoms with van der Waals surface area (Å²) in [6.45, 7) is 6.84. The van der Waals surface area contributed by atoms with Gasteiger partial charge in [-0.3, -0.25) is 0 Å². The topological polar surface area (TPSA) is 44.1 Å². The molecular weight excluding hydrogens is 388 g/mol. The molecule has 0 amide bonds. The first-order valence-electron chi connectivity index (χ1n) is 11.8. The summed E-state index contributed by atoms with van der Waals surface area (Å²) in [5.41, 5.74) is 5.31. The van der Waals surface area contributed by atoms with Gasteiger partial charge in [-0.2, -0.15) is 0 Å². The Labute approximate surface area is 184 Å². The zero-order valence-corrected chi connectivity index (χ0v) is 18.1. The van der Waals surface area contributed by atoms with Crippen molar-refractivity contribution in [3.8, 4) is 0 Å². The number of hydrogen-bond donors (Lipinski definition) is 0. The van der Waals surface area contributed by atoms with Crippen LogP contribution in [0.2, 0.25) is 0 Å². The first kappa shape index (κ1) is 19.6. The number of nitrogens with zero attached hydrogens (tertiary/aromatic N) is 2. The van der Waals surface area contributed by atoms with Gasteiger partial charge >= 0.3 is 0 Å². The van der Waals surface area contributed by atoms with E-state index in [2.05, 4.69) is 58.3 Å². The Morgan fingerprint density at radius 3 is 1.32 bits per heavy atom. The predicted octanol–water partition coefficient (Wildman–Crippen LogP) is 3.50. The molecule has 0 aromatic heterocycles. The quantitative estimate of drug-likeness (QED) is 0.492. The van der Waals surface area contributed by atoms with Crippen LogP contribution >= 0.6 is 0 Å². The van der Waals surface area contributed by atoms with E-state index in [0.717, 1.165) is 51.8 Å². The van der Waals surface area contributed by atoms with Gasteiger partial charge in [0, 0.05) is 37.6 Å². The Kier molecular flexibility index (Phi) is 5.34. The maximum atomic E-state index is 5.48. The van der Waals surface area contributed by atoms with E-state index in [9.17, 15) is 0 Å². The number of benzene rings is 2. The first-order chi connectivity index (χ1) is 15.3. The zero-order chi connectivity index (χ0) is 20.6. The van der Waals surface area contributed by atoms with Crippen molar-refractivity contribution in [2.24, 2.45) is 5.92 Å². The molecule has 6 rings (SSSR count). The van der Waals surface area contributed by atoms with Gasteiger partial charge in [0.15, 0.2) is 0 Å². The molecule has 3 saturated heterocycles. The fourth-order valence-electron chi connectivity index (χ4n) is 4.33. The summed E-state index contributed by atoms with van der Waals surface area (Å²) < 4.78 is 16.4. The third kappa shape index (κ3) is 5.59. The standard InChI is InChI=1S/C26H32N2O3/c1-2-21(1)12-27(13-24-16-29-24)22-7-3-19(4-8-22)11-20-5-9-23(10-6-20)28(14-25-17-30-25)15-26-18-31-26/h3-10,21,24-26H,1-2,11-18H2. The molecule has 5 nitrogen and oxygen atoms in total. The molecule has 5 heteroatoms.